The highest BCUT2D eigenvalue weighted by Crippen LogP contribution is 2.11. The van der Waals surface area contributed by atoms with Crippen LogP contribution in [0.1, 0.15) is 44.3 Å². The van der Waals surface area contributed by atoms with Gasteiger partial charge in [-0.2, -0.15) is 4.98 Å². The monoisotopic (exact) mass is 294 g/mol. The molecule has 0 radical (unpaired) electrons. The van der Waals surface area contributed by atoms with Crippen LogP contribution in [0.4, 0.5) is 0 Å². The predicted molar refractivity (Wildman–Crippen MR) is 75.4 cm³/mol. The molecule has 1 saturated heterocycles. The Morgan fingerprint density at radius 2 is 2.10 bits per heavy atom. The molecule has 0 atom stereocenters. The first-order valence-electron chi connectivity index (χ1n) is 7.38. The second kappa shape index (κ2) is 7.19. The van der Waals surface area contributed by atoms with E-state index >= 15 is 0 Å². The number of aryl methyl sites for hydroxylation is 2. The van der Waals surface area contributed by atoms with Crippen molar-refractivity contribution in [2.45, 2.75) is 52.0 Å². The van der Waals surface area contributed by atoms with E-state index in [0.29, 0.717) is 31.0 Å². The van der Waals surface area contributed by atoms with Crippen molar-refractivity contribution in [2.24, 2.45) is 0 Å². The standard InChI is InChI=1S/C14H22N4O3/c1-10-15-14(21-17-10)5-3-4-13(20)16-12-6-8-18(9-7-12)11(2)19/h12H,3-9H2,1-2H3,(H,16,20). The summed E-state index contributed by atoms with van der Waals surface area (Å²) in [6.45, 7) is 4.80. The average molecular weight is 294 g/mol. The van der Waals surface area contributed by atoms with E-state index in [4.69, 9.17) is 4.52 Å². The summed E-state index contributed by atoms with van der Waals surface area (Å²) < 4.78 is 5.00. The Morgan fingerprint density at radius 1 is 1.38 bits per heavy atom. The maximum atomic E-state index is 11.9. The number of piperidine rings is 1. The number of hydrogen-bond acceptors (Lipinski definition) is 5. The van der Waals surface area contributed by atoms with Crippen LogP contribution in [-0.2, 0) is 16.0 Å². The molecule has 2 heterocycles. The molecule has 7 heteroatoms. The van der Waals surface area contributed by atoms with Crippen molar-refractivity contribution in [1.29, 1.82) is 0 Å². The van der Waals surface area contributed by atoms with Crippen LogP contribution in [0.3, 0.4) is 0 Å². The summed E-state index contributed by atoms with van der Waals surface area (Å²) in [7, 11) is 0. The van der Waals surface area contributed by atoms with Gasteiger partial charge in [0.2, 0.25) is 17.7 Å². The highest BCUT2D eigenvalue weighted by atomic mass is 16.5. The first-order chi connectivity index (χ1) is 10.0. The molecule has 0 bridgehead atoms. The van der Waals surface area contributed by atoms with Crippen molar-refractivity contribution in [3.05, 3.63) is 11.7 Å². The van der Waals surface area contributed by atoms with Gasteiger partial charge < -0.3 is 14.7 Å². The van der Waals surface area contributed by atoms with E-state index in [1.165, 1.54) is 0 Å². The molecule has 2 rings (SSSR count). The van der Waals surface area contributed by atoms with Crippen LogP contribution in [0.5, 0.6) is 0 Å². The van der Waals surface area contributed by atoms with Gasteiger partial charge in [0.15, 0.2) is 5.82 Å². The Hall–Kier alpha value is -1.92. The molecular formula is C14H22N4O3. The van der Waals surface area contributed by atoms with Gasteiger partial charge in [0.1, 0.15) is 0 Å². The van der Waals surface area contributed by atoms with Crippen molar-refractivity contribution >= 4 is 11.8 Å². The van der Waals surface area contributed by atoms with Gasteiger partial charge in [-0.3, -0.25) is 9.59 Å². The third kappa shape index (κ3) is 4.84. The first kappa shape index (κ1) is 15.5. The van der Waals surface area contributed by atoms with Gasteiger partial charge in [0, 0.05) is 38.9 Å². The third-order valence-corrected chi connectivity index (χ3v) is 3.67. The van der Waals surface area contributed by atoms with Crippen LogP contribution in [0.15, 0.2) is 4.52 Å². The molecule has 7 nitrogen and oxygen atoms in total. The van der Waals surface area contributed by atoms with Gasteiger partial charge in [-0.25, -0.2) is 0 Å². The minimum atomic E-state index is 0.0486. The molecule has 1 fully saturated rings. The van der Waals surface area contributed by atoms with Crippen LogP contribution in [0.25, 0.3) is 0 Å². The molecule has 116 valence electrons. The van der Waals surface area contributed by atoms with Crippen molar-refractivity contribution in [2.75, 3.05) is 13.1 Å². The molecule has 1 aliphatic rings. The van der Waals surface area contributed by atoms with E-state index in [-0.39, 0.29) is 17.9 Å². The number of carbonyl (C=O) groups is 2. The number of rotatable bonds is 5. The maximum absolute atomic E-state index is 11.9. The molecule has 1 N–H and O–H groups in total. The molecule has 0 spiro atoms. The quantitative estimate of drug-likeness (QED) is 0.869. The number of nitrogens with one attached hydrogen (secondary N) is 1. The molecule has 21 heavy (non-hydrogen) atoms. The number of likely N-dealkylation sites (tertiary alicyclic amines) is 1. The number of hydrogen-bond donors (Lipinski definition) is 1. The lowest BCUT2D eigenvalue weighted by molar-refractivity contribution is -0.130. The van der Waals surface area contributed by atoms with Gasteiger partial charge in [-0.05, 0) is 26.2 Å². The van der Waals surface area contributed by atoms with Crippen LogP contribution < -0.4 is 5.32 Å². The predicted octanol–water partition coefficient (Wildman–Crippen LogP) is 0.828. The summed E-state index contributed by atoms with van der Waals surface area (Å²) in [5.41, 5.74) is 0. The summed E-state index contributed by atoms with van der Waals surface area (Å²) in [5.74, 6) is 1.35. The number of aromatic nitrogens is 2. The molecule has 0 aliphatic carbocycles. The fourth-order valence-electron chi connectivity index (χ4n) is 2.48. The molecule has 0 aromatic carbocycles. The second-order valence-electron chi connectivity index (χ2n) is 5.44. The summed E-state index contributed by atoms with van der Waals surface area (Å²) in [6.07, 6.45) is 3.42. The molecule has 0 unspecified atom stereocenters. The fourth-order valence-corrected chi connectivity index (χ4v) is 2.48. The minimum absolute atomic E-state index is 0.0486. The van der Waals surface area contributed by atoms with E-state index in [2.05, 4.69) is 15.5 Å². The number of amides is 2. The Balaban J connectivity index is 1.62. The second-order valence-corrected chi connectivity index (χ2v) is 5.44. The van der Waals surface area contributed by atoms with Crippen LogP contribution >= 0.6 is 0 Å². The summed E-state index contributed by atoms with van der Waals surface area (Å²) in [5, 5.41) is 6.74. The summed E-state index contributed by atoms with van der Waals surface area (Å²) >= 11 is 0. The van der Waals surface area contributed by atoms with E-state index in [1.54, 1.807) is 13.8 Å². The van der Waals surface area contributed by atoms with Gasteiger partial charge in [-0.15, -0.1) is 0 Å². The normalized spacial score (nSPS) is 16.0. The summed E-state index contributed by atoms with van der Waals surface area (Å²) in [4.78, 5) is 29.0. The lowest BCUT2D eigenvalue weighted by atomic mass is 10.0. The zero-order valence-electron chi connectivity index (χ0n) is 12.6. The van der Waals surface area contributed by atoms with Gasteiger partial charge in [0.25, 0.3) is 0 Å². The molecule has 0 saturated carbocycles. The molecule has 1 aliphatic heterocycles. The smallest absolute Gasteiger partial charge is 0.226 e. The minimum Gasteiger partial charge on any atom is -0.353 e. The van der Waals surface area contributed by atoms with E-state index in [1.807, 2.05) is 4.90 Å². The zero-order chi connectivity index (χ0) is 15.2. The van der Waals surface area contributed by atoms with Gasteiger partial charge >= 0.3 is 0 Å². The van der Waals surface area contributed by atoms with Gasteiger partial charge in [-0.1, -0.05) is 5.16 Å². The fraction of sp³-hybridized carbons (Fsp3) is 0.714. The van der Waals surface area contributed by atoms with Crippen LogP contribution in [-0.4, -0.2) is 46.0 Å². The van der Waals surface area contributed by atoms with E-state index in [0.717, 1.165) is 25.9 Å². The SMILES string of the molecule is CC(=O)N1CCC(NC(=O)CCCc2nc(C)no2)CC1. The molecule has 1 aromatic rings. The lowest BCUT2D eigenvalue weighted by Gasteiger charge is -2.31. The van der Waals surface area contributed by atoms with Crippen molar-refractivity contribution < 1.29 is 14.1 Å². The van der Waals surface area contributed by atoms with Crippen LogP contribution in [0, 0.1) is 6.92 Å². The molecular weight excluding hydrogens is 272 g/mol. The topological polar surface area (TPSA) is 88.3 Å². The number of carbonyl (C=O) groups excluding carboxylic acids is 2. The van der Waals surface area contributed by atoms with Gasteiger partial charge in [0.05, 0.1) is 0 Å². The van der Waals surface area contributed by atoms with Crippen LogP contribution in [0.2, 0.25) is 0 Å². The first-order valence-corrected chi connectivity index (χ1v) is 7.38. The zero-order valence-corrected chi connectivity index (χ0v) is 12.6. The highest BCUT2D eigenvalue weighted by molar-refractivity contribution is 5.76. The van der Waals surface area contributed by atoms with E-state index < -0.39 is 0 Å². The van der Waals surface area contributed by atoms with Crippen molar-refractivity contribution in [3.8, 4) is 0 Å². The Bertz CT molecular complexity index is 492. The van der Waals surface area contributed by atoms with Crippen molar-refractivity contribution in [3.63, 3.8) is 0 Å². The third-order valence-electron chi connectivity index (χ3n) is 3.67. The maximum Gasteiger partial charge on any atom is 0.226 e. The van der Waals surface area contributed by atoms with Crippen molar-refractivity contribution in [1.82, 2.24) is 20.4 Å². The average Bonchev–Trinajstić information content (AvgIpc) is 2.85. The number of nitrogens with zero attached hydrogens (tertiary/aromatic N) is 3. The largest absolute Gasteiger partial charge is 0.353 e. The Kier molecular flexibility index (Phi) is 5.30. The Morgan fingerprint density at radius 3 is 2.67 bits per heavy atom. The highest BCUT2D eigenvalue weighted by Gasteiger charge is 2.21. The Labute approximate surface area is 124 Å². The lowest BCUT2D eigenvalue weighted by Crippen LogP contribution is -2.45. The molecule has 2 amide bonds. The summed E-state index contributed by atoms with van der Waals surface area (Å²) in [6, 6.07) is 0.179. The molecule has 1 aromatic heterocycles. The van der Waals surface area contributed by atoms with E-state index in [9.17, 15) is 9.59 Å².